The molecule has 8 heteroatoms. The zero-order valence-corrected chi connectivity index (χ0v) is 16.5. The van der Waals surface area contributed by atoms with E-state index in [1.165, 1.54) is 38.8 Å². The van der Waals surface area contributed by atoms with Crippen molar-refractivity contribution < 1.29 is 42.3 Å². The van der Waals surface area contributed by atoms with E-state index in [2.05, 4.69) is 28.6 Å². The first-order valence-corrected chi connectivity index (χ1v) is 8.07. The average Bonchev–Trinajstić information content (AvgIpc) is 2.72. The minimum atomic E-state index is -2.67. The number of hydrogen-bond acceptors (Lipinski definition) is 6. The van der Waals surface area contributed by atoms with Gasteiger partial charge in [0.1, 0.15) is 0 Å². The topological polar surface area (TPSA) is 70.5 Å². The second kappa shape index (κ2) is 12.3. The maximum atomic E-state index is 15.6. The molecule has 142 valence electrons. The molecule has 0 aliphatic rings. The van der Waals surface area contributed by atoms with Crippen molar-refractivity contribution in [3.63, 3.8) is 0 Å². The Morgan fingerprint density at radius 3 is 1.96 bits per heavy atom. The van der Waals surface area contributed by atoms with Crippen LogP contribution in [0, 0.1) is 6.92 Å². The summed E-state index contributed by atoms with van der Waals surface area (Å²) >= 11 is 0. The molecule has 6 nitrogen and oxygen atoms in total. The minimum Gasteiger partial charge on any atom is -0.481 e. The summed E-state index contributed by atoms with van der Waals surface area (Å²) in [6.07, 6.45) is 2.28. The number of carbonyl (C=O) groups is 1. The number of hydrogen-bond donors (Lipinski definition) is 0. The van der Waals surface area contributed by atoms with Gasteiger partial charge in [-0.05, 0) is 0 Å². The number of methoxy groups -OCH3 is 3. The molecule has 1 aromatic heterocycles. The van der Waals surface area contributed by atoms with Crippen molar-refractivity contribution in [1.29, 1.82) is 0 Å². The van der Waals surface area contributed by atoms with Gasteiger partial charge in [0.15, 0.2) is 5.82 Å². The summed E-state index contributed by atoms with van der Waals surface area (Å²) in [5.74, 6) is -1.40. The summed E-state index contributed by atoms with van der Waals surface area (Å²) < 4.78 is 30.2. The Morgan fingerprint density at radius 2 is 1.59 bits per heavy atom. The van der Waals surface area contributed by atoms with Crippen LogP contribution in [0.25, 0.3) is 0 Å². The molecule has 0 spiro atoms. The number of alkyl halides is 1. The molecule has 2 rings (SSSR count). The monoisotopic (exact) mass is 370 g/mol. The van der Waals surface area contributed by atoms with Gasteiger partial charge in [-0.1, -0.05) is 43.7 Å². The van der Waals surface area contributed by atoms with Crippen molar-refractivity contribution in [2.24, 2.45) is 0 Å². The van der Waals surface area contributed by atoms with Crippen LogP contribution in [-0.4, -0.2) is 37.3 Å². The standard InChI is InChI=1S/C15H15FN2O4.C4H9.Li/c1-20-11-9-12(21-2)18-13(17-11)15(16,14(19)22-3)10-7-5-4-6-8-10;1-3-4-2;/h4-9H,1-3H3;1,3-4H2,2H3;/q;-1;+1. The van der Waals surface area contributed by atoms with Crippen molar-refractivity contribution in [2.75, 3.05) is 21.3 Å². The van der Waals surface area contributed by atoms with E-state index in [1.54, 1.807) is 18.2 Å². The Bertz CT molecular complexity index is 679. The predicted molar refractivity (Wildman–Crippen MR) is 95.7 cm³/mol. The van der Waals surface area contributed by atoms with E-state index in [9.17, 15) is 4.79 Å². The summed E-state index contributed by atoms with van der Waals surface area (Å²) in [6, 6.07) is 9.19. The Labute approximate surface area is 171 Å². The van der Waals surface area contributed by atoms with Crippen molar-refractivity contribution >= 4 is 5.97 Å². The number of carbonyl (C=O) groups excluding carboxylic acids is 1. The maximum absolute atomic E-state index is 15.6. The van der Waals surface area contributed by atoms with Gasteiger partial charge in [-0.3, -0.25) is 0 Å². The van der Waals surface area contributed by atoms with Crippen LogP contribution in [-0.2, 0) is 15.2 Å². The Morgan fingerprint density at radius 1 is 1.11 bits per heavy atom. The first kappa shape index (κ1) is 24.9. The van der Waals surface area contributed by atoms with Gasteiger partial charge in [-0.15, -0.1) is 0 Å². The number of halogens is 1. The molecule has 0 aliphatic carbocycles. The summed E-state index contributed by atoms with van der Waals surface area (Å²) in [4.78, 5) is 19.9. The van der Waals surface area contributed by atoms with Crippen LogP contribution >= 0.6 is 0 Å². The number of ether oxygens (including phenoxy) is 3. The van der Waals surface area contributed by atoms with Gasteiger partial charge in [0.25, 0.3) is 5.67 Å². The van der Waals surface area contributed by atoms with E-state index in [0.717, 1.165) is 13.5 Å². The van der Waals surface area contributed by atoms with E-state index in [-0.39, 0.29) is 36.2 Å². The normalized spacial score (nSPS) is 11.8. The van der Waals surface area contributed by atoms with Crippen LogP contribution < -0.4 is 28.3 Å². The third-order valence-corrected chi connectivity index (χ3v) is 3.40. The third-order valence-electron chi connectivity index (χ3n) is 3.40. The number of benzene rings is 1. The van der Waals surface area contributed by atoms with E-state index < -0.39 is 17.5 Å². The fourth-order valence-corrected chi connectivity index (χ4v) is 1.91. The molecule has 0 aliphatic heterocycles. The molecule has 1 heterocycles. The molecular formula is C19H24FLiN2O4. The second-order valence-electron chi connectivity index (χ2n) is 5.15. The van der Waals surface area contributed by atoms with Crippen LogP contribution in [0.15, 0.2) is 36.4 Å². The van der Waals surface area contributed by atoms with Gasteiger partial charge >= 0.3 is 24.8 Å². The van der Waals surface area contributed by atoms with Crippen molar-refractivity contribution in [3.8, 4) is 11.8 Å². The van der Waals surface area contributed by atoms with Crippen molar-refractivity contribution in [1.82, 2.24) is 9.97 Å². The number of aromatic nitrogens is 2. The first-order valence-electron chi connectivity index (χ1n) is 8.07. The molecule has 0 saturated heterocycles. The molecule has 27 heavy (non-hydrogen) atoms. The minimum absolute atomic E-state index is 0. The Balaban J connectivity index is 0.00000123. The van der Waals surface area contributed by atoms with E-state index in [4.69, 9.17) is 9.47 Å². The van der Waals surface area contributed by atoms with Gasteiger partial charge in [-0.25, -0.2) is 9.18 Å². The van der Waals surface area contributed by atoms with Crippen LogP contribution in [0.3, 0.4) is 0 Å². The SMILES string of the molecule is COC(=O)C(F)(c1ccccc1)c1nc(OC)cc(OC)n1.[CH2-]CCC.[Li+]. The average molecular weight is 370 g/mol. The van der Waals surface area contributed by atoms with Gasteiger partial charge in [0, 0.05) is 5.56 Å². The van der Waals surface area contributed by atoms with E-state index >= 15 is 4.39 Å². The number of esters is 1. The first-order chi connectivity index (χ1) is 12.5. The number of nitrogens with zero attached hydrogens (tertiary/aromatic N) is 2. The van der Waals surface area contributed by atoms with Gasteiger partial charge < -0.3 is 21.1 Å². The van der Waals surface area contributed by atoms with Gasteiger partial charge in [-0.2, -0.15) is 16.4 Å². The van der Waals surface area contributed by atoms with Crippen molar-refractivity contribution in [3.05, 3.63) is 54.7 Å². The smallest absolute Gasteiger partial charge is 0.481 e. The third kappa shape index (κ3) is 6.23. The molecule has 0 radical (unpaired) electrons. The van der Waals surface area contributed by atoms with Crippen LogP contribution in [0.2, 0.25) is 0 Å². The fraction of sp³-hybridized carbons (Fsp3) is 0.368. The number of rotatable bonds is 6. The van der Waals surface area contributed by atoms with Crippen LogP contribution in [0.4, 0.5) is 4.39 Å². The van der Waals surface area contributed by atoms with E-state index in [0.29, 0.717) is 0 Å². The summed E-state index contributed by atoms with van der Waals surface area (Å²) in [7, 11) is 3.83. The molecule has 0 N–H and O–H groups in total. The molecule has 0 amide bonds. The number of unbranched alkanes of at least 4 members (excludes halogenated alkanes) is 1. The van der Waals surface area contributed by atoms with Crippen LogP contribution in [0.5, 0.6) is 11.8 Å². The summed E-state index contributed by atoms with van der Waals surface area (Å²) in [6.45, 7) is 5.72. The zero-order chi connectivity index (χ0) is 19.6. The molecule has 0 bridgehead atoms. The van der Waals surface area contributed by atoms with E-state index in [1.807, 2.05) is 0 Å². The summed E-state index contributed by atoms with van der Waals surface area (Å²) in [5.41, 5.74) is -2.62. The van der Waals surface area contributed by atoms with Gasteiger partial charge in [0.2, 0.25) is 11.8 Å². The predicted octanol–water partition coefficient (Wildman–Crippen LogP) is 0.504. The molecule has 2 aromatic rings. The largest absolute Gasteiger partial charge is 1.00 e. The Kier molecular flexibility index (Phi) is 11.4. The van der Waals surface area contributed by atoms with Crippen molar-refractivity contribution in [2.45, 2.75) is 25.4 Å². The molecule has 1 atom stereocenters. The molecule has 0 fully saturated rings. The van der Waals surface area contributed by atoms with Crippen LogP contribution in [0.1, 0.15) is 31.2 Å². The molecule has 0 saturated carbocycles. The molecular weight excluding hydrogens is 346 g/mol. The summed E-state index contributed by atoms with van der Waals surface area (Å²) in [5, 5.41) is 0. The Hall–Kier alpha value is -2.10. The quantitative estimate of drug-likeness (QED) is 0.419. The second-order valence-corrected chi connectivity index (χ2v) is 5.15. The fourth-order valence-electron chi connectivity index (χ4n) is 1.91. The molecule has 1 unspecified atom stereocenters. The van der Waals surface area contributed by atoms with Gasteiger partial charge in [0.05, 0.1) is 27.4 Å². The zero-order valence-electron chi connectivity index (χ0n) is 16.5. The maximum Gasteiger partial charge on any atom is 1.00 e. The molecule has 1 aromatic carbocycles.